The lowest BCUT2D eigenvalue weighted by Gasteiger charge is -2.26. The van der Waals surface area contributed by atoms with E-state index in [2.05, 4.69) is 10.0 Å². The van der Waals surface area contributed by atoms with Crippen molar-refractivity contribution in [3.63, 3.8) is 0 Å². The Labute approximate surface area is 114 Å². The highest BCUT2D eigenvalue weighted by molar-refractivity contribution is 6.21. The van der Waals surface area contributed by atoms with Crippen molar-refractivity contribution in [2.75, 3.05) is 6.54 Å². The molecular formula is C13H13FN4O2. The van der Waals surface area contributed by atoms with Crippen LogP contribution < -0.4 is 0 Å². The smallest absolute Gasteiger partial charge is 0.261 e. The summed E-state index contributed by atoms with van der Waals surface area (Å²) in [4.78, 5) is 27.7. The van der Waals surface area contributed by atoms with Gasteiger partial charge in [0, 0.05) is 11.5 Å². The van der Waals surface area contributed by atoms with Gasteiger partial charge in [0.15, 0.2) is 0 Å². The van der Waals surface area contributed by atoms with E-state index in [4.69, 9.17) is 5.53 Å². The van der Waals surface area contributed by atoms with Gasteiger partial charge in [0.05, 0.1) is 17.2 Å². The van der Waals surface area contributed by atoms with Crippen LogP contribution in [0.15, 0.2) is 29.4 Å². The van der Waals surface area contributed by atoms with Crippen LogP contribution in [0.1, 0.15) is 34.6 Å². The number of azide groups is 1. The molecule has 1 atom stereocenters. The summed E-state index contributed by atoms with van der Waals surface area (Å²) < 4.78 is 14.0. The summed E-state index contributed by atoms with van der Waals surface area (Å²) in [6.45, 7) is 2.20. The molecular weight excluding hydrogens is 263 g/mol. The summed E-state index contributed by atoms with van der Waals surface area (Å²) in [7, 11) is 0. The molecule has 1 aliphatic heterocycles. The molecule has 6 nitrogen and oxygen atoms in total. The van der Waals surface area contributed by atoms with Crippen LogP contribution in [-0.4, -0.2) is 35.0 Å². The first-order chi connectivity index (χ1) is 9.36. The zero-order valence-electron chi connectivity index (χ0n) is 11.1. The van der Waals surface area contributed by atoms with E-state index in [9.17, 15) is 14.0 Å². The number of imide groups is 1. The summed E-state index contributed by atoms with van der Waals surface area (Å²) in [6, 6.07) is 5.25. The van der Waals surface area contributed by atoms with Crippen molar-refractivity contribution in [2.24, 2.45) is 5.11 Å². The number of benzene rings is 1. The number of hydrogen-bond acceptors (Lipinski definition) is 3. The number of fused-ring (bicyclic) bond motifs is 1. The summed E-state index contributed by atoms with van der Waals surface area (Å²) in [5, 5.41) is 3.35. The molecule has 0 fully saturated rings. The van der Waals surface area contributed by atoms with Gasteiger partial charge in [-0.3, -0.25) is 14.5 Å². The average Bonchev–Trinajstić information content (AvgIpc) is 2.63. The second-order valence-electron chi connectivity index (χ2n) is 5.05. The molecule has 0 aromatic heterocycles. The maximum atomic E-state index is 14.0. The average molecular weight is 276 g/mol. The van der Waals surface area contributed by atoms with Crippen molar-refractivity contribution in [2.45, 2.75) is 25.6 Å². The minimum atomic E-state index is -1.83. The lowest BCUT2D eigenvalue weighted by Crippen LogP contribution is -2.43. The quantitative estimate of drug-likeness (QED) is 0.366. The number of carbonyl (C=O) groups is 2. The minimum absolute atomic E-state index is 0.278. The SMILES string of the molecule is CC(C)(F)C(CN1C(=O)c2ccccc2C1=O)N=[N+]=[N-]. The highest BCUT2D eigenvalue weighted by atomic mass is 19.1. The third kappa shape index (κ3) is 2.35. The summed E-state index contributed by atoms with van der Waals surface area (Å²) >= 11 is 0. The van der Waals surface area contributed by atoms with Gasteiger partial charge in [0.1, 0.15) is 5.67 Å². The number of nitrogens with zero attached hydrogens (tertiary/aromatic N) is 4. The Morgan fingerprint density at radius 3 is 2.20 bits per heavy atom. The summed E-state index contributed by atoms with van der Waals surface area (Å²) in [5.41, 5.74) is 7.22. The summed E-state index contributed by atoms with van der Waals surface area (Å²) in [6.07, 6.45) is 0. The van der Waals surface area contributed by atoms with Gasteiger partial charge in [-0.1, -0.05) is 17.2 Å². The van der Waals surface area contributed by atoms with Crippen molar-refractivity contribution in [1.29, 1.82) is 0 Å². The number of carbonyl (C=O) groups excluding carboxylic acids is 2. The fraction of sp³-hybridized carbons (Fsp3) is 0.385. The molecule has 0 aliphatic carbocycles. The van der Waals surface area contributed by atoms with E-state index in [1.54, 1.807) is 24.3 Å². The van der Waals surface area contributed by atoms with E-state index >= 15 is 0 Å². The van der Waals surface area contributed by atoms with Gasteiger partial charge in [-0.2, -0.15) is 0 Å². The number of hydrogen-bond donors (Lipinski definition) is 0. The Morgan fingerprint density at radius 1 is 1.30 bits per heavy atom. The highest BCUT2D eigenvalue weighted by Crippen LogP contribution is 2.26. The van der Waals surface area contributed by atoms with Crippen LogP contribution in [0.2, 0.25) is 0 Å². The molecule has 1 aromatic rings. The van der Waals surface area contributed by atoms with Gasteiger partial charge >= 0.3 is 0 Å². The number of rotatable bonds is 4. The Hall–Kier alpha value is -2.40. The number of halogens is 1. The normalized spacial score (nSPS) is 15.8. The molecule has 1 aliphatic rings. The molecule has 1 unspecified atom stereocenters. The van der Waals surface area contributed by atoms with Crippen LogP contribution in [0.25, 0.3) is 10.4 Å². The fourth-order valence-corrected chi connectivity index (χ4v) is 2.03. The Balaban J connectivity index is 2.30. The zero-order chi connectivity index (χ0) is 14.9. The molecule has 0 spiro atoms. The lowest BCUT2D eigenvalue weighted by molar-refractivity contribution is 0.0600. The Kier molecular flexibility index (Phi) is 3.46. The molecule has 20 heavy (non-hydrogen) atoms. The number of amides is 2. The molecule has 7 heteroatoms. The molecule has 0 bridgehead atoms. The van der Waals surface area contributed by atoms with Crippen molar-refractivity contribution in [3.05, 3.63) is 45.8 Å². The van der Waals surface area contributed by atoms with E-state index in [1.807, 2.05) is 0 Å². The first kappa shape index (κ1) is 14.0. The molecule has 2 amide bonds. The molecule has 1 aromatic carbocycles. The maximum Gasteiger partial charge on any atom is 0.261 e. The van der Waals surface area contributed by atoms with Crippen LogP contribution in [0.4, 0.5) is 4.39 Å². The Bertz CT molecular complexity index is 582. The van der Waals surface area contributed by atoms with E-state index in [1.165, 1.54) is 13.8 Å². The second-order valence-corrected chi connectivity index (χ2v) is 5.05. The predicted octanol–water partition coefficient (Wildman–Crippen LogP) is 2.71. The molecule has 1 heterocycles. The van der Waals surface area contributed by atoms with Gasteiger partial charge in [-0.25, -0.2) is 4.39 Å². The third-order valence-corrected chi connectivity index (χ3v) is 3.22. The van der Waals surface area contributed by atoms with Crippen LogP contribution in [0, 0.1) is 0 Å². The van der Waals surface area contributed by atoms with Crippen LogP contribution in [-0.2, 0) is 0 Å². The van der Waals surface area contributed by atoms with E-state index in [0.29, 0.717) is 0 Å². The molecule has 104 valence electrons. The third-order valence-electron chi connectivity index (χ3n) is 3.22. The first-order valence-electron chi connectivity index (χ1n) is 6.04. The largest absolute Gasteiger partial charge is 0.274 e. The second kappa shape index (κ2) is 4.94. The first-order valence-corrected chi connectivity index (χ1v) is 6.04. The zero-order valence-corrected chi connectivity index (χ0v) is 11.1. The van der Waals surface area contributed by atoms with Gasteiger partial charge in [0.25, 0.3) is 11.8 Å². The van der Waals surface area contributed by atoms with E-state index < -0.39 is 23.5 Å². The van der Waals surface area contributed by atoms with Gasteiger partial charge < -0.3 is 0 Å². The summed E-state index contributed by atoms with van der Waals surface area (Å²) in [5.74, 6) is -0.985. The molecule has 0 radical (unpaired) electrons. The van der Waals surface area contributed by atoms with Crippen molar-refractivity contribution in [3.8, 4) is 0 Å². The van der Waals surface area contributed by atoms with Crippen LogP contribution >= 0.6 is 0 Å². The van der Waals surface area contributed by atoms with Crippen molar-refractivity contribution in [1.82, 2.24) is 4.90 Å². The van der Waals surface area contributed by atoms with Gasteiger partial charge in [-0.15, -0.1) is 0 Å². The van der Waals surface area contributed by atoms with Crippen molar-refractivity contribution < 1.29 is 14.0 Å². The standard InChI is InChI=1S/C13H13FN4O2/c1-13(2,14)10(16-17-15)7-18-11(19)8-5-3-4-6-9(8)12(18)20/h3-6,10H,7H2,1-2H3. The molecule has 0 saturated carbocycles. The predicted molar refractivity (Wildman–Crippen MR) is 69.9 cm³/mol. The fourth-order valence-electron chi connectivity index (χ4n) is 2.03. The monoisotopic (exact) mass is 276 g/mol. The molecule has 0 N–H and O–H groups in total. The van der Waals surface area contributed by atoms with Crippen molar-refractivity contribution >= 4 is 11.8 Å². The Morgan fingerprint density at radius 2 is 1.80 bits per heavy atom. The van der Waals surface area contributed by atoms with Crippen LogP contribution in [0.5, 0.6) is 0 Å². The maximum absolute atomic E-state index is 14.0. The van der Waals surface area contributed by atoms with Crippen LogP contribution in [0.3, 0.4) is 0 Å². The van der Waals surface area contributed by atoms with E-state index in [-0.39, 0.29) is 17.7 Å². The van der Waals surface area contributed by atoms with Gasteiger partial charge in [0.2, 0.25) is 0 Å². The van der Waals surface area contributed by atoms with E-state index in [0.717, 1.165) is 4.90 Å². The highest BCUT2D eigenvalue weighted by Gasteiger charge is 2.39. The number of alkyl halides is 1. The van der Waals surface area contributed by atoms with Gasteiger partial charge in [-0.05, 0) is 31.5 Å². The molecule has 0 saturated heterocycles. The minimum Gasteiger partial charge on any atom is -0.274 e. The topological polar surface area (TPSA) is 86.1 Å². The molecule has 2 rings (SSSR count). The lowest BCUT2D eigenvalue weighted by atomic mass is 10.0.